The number of hydrogen-bond donors (Lipinski definition) is 3. The van der Waals surface area contributed by atoms with Crippen LogP contribution >= 0.6 is 0 Å². The highest BCUT2D eigenvalue weighted by Gasteiger charge is 2.38. The quantitative estimate of drug-likeness (QED) is 0.525. The minimum Gasteiger partial charge on any atom is -0.481 e. The maximum atomic E-state index is 10.5. The van der Waals surface area contributed by atoms with Crippen molar-refractivity contribution in [3.05, 3.63) is 0 Å². The summed E-state index contributed by atoms with van der Waals surface area (Å²) in [5.74, 6) is -2.49. The summed E-state index contributed by atoms with van der Waals surface area (Å²) in [6.07, 6.45) is 0.172. The molecule has 1 fully saturated rings. The molecule has 0 bridgehead atoms. The molecule has 1 heterocycles. The van der Waals surface area contributed by atoms with Crippen molar-refractivity contribution in [1.29, 1.82) is 0 Å². The summed E-state index contributed by atoms with van der Waals surface area (Å²) in [5.41, 5.74) is 0. The number of rotatable bonds is 2. The van der Waals surface area contributed by atoms with Crippen molar-refractivity contribution >= 4 is 11.9 Å². The monoisotopic (exact) mass is 173 g/mol. The van der Waals surface area contributed by atoms with E-state index in [-0.39, 0.29) is 12.5 Å². The number of carboxylic acids is 2. The smallest absolute Gasteiger partial charge is 0.320 e. The van der Waals surface area contributed by atoms with Crippen LogP contribution in [0.2, 0.25) is 0 Å². The van der Waals surface area contributed by atoms with Crippen LogP contribution in [0.25, 0.3) is 0 Å². The van der Waals surface area contributed by atoms with Gasteiger partial charge in [0.25, 0.3) is 0 Å². The van der Waals surface area contributed by atoms with Crippen molar-refractivity contribution in [2.45, 2.75) is 25.4 Å². The Morgan fingerprint density at radius 3 is 2.17 bits per heavy atom. The normalized spacial score (nSPS) is 34.9. The molecule has 0 radical (unpaired) electrons. The van der Waals surface area contributed by atoms with Crippen molar-refractivity contribution in [3.8, 4) is 0 Å². The summed E-state index contributed by atoms with van der Waals surface area (Å²) in [6, 6.07) is -0.968. The van der Waals surface area contributed by atoms with E-state index in [1.54, 1.807) is 6.92 Å². The predicted octanol–water partition coefficient (Wildman–Crippen LogP) is -0.478. The zero-order valence-corrected chi connectivity index (χ0v) is 6.65. The molecule has 12 heavy (non-hydrogen) atoms. The fourth-order valence-corrected chi connectivity index (χ4v) is 1.45. The van der Waals surface area contributed by atoms with Crippen molar-refractivity contribution in [2.24, 2.45) is 5.92 Å². The first-order valence-electron chi connectivity index (χ1n) is 3.74. The molecule has 3 atom stereocenters. The van der Waals surface area contributed by atoms with Crippen LogP contribution in [0.1, 0.15) is 13.3 Å². The summed E-state index contributed by atoms with van der Waals surface area (Å²) in [6.45, 7) is 1.68. The highest BCUT2D eigenvalue weighted by atomic mass is 16.4. The molecule has 1 aliphatic heterocycles. The number of carbonyl (C=O) groups is 2. The van der Waals surface area contributed by atoms with Crippen LogP contribution in [0, 0.1) is 5.92 Å². The lowest BCUT2D eigenvalue weighted by Crippen LogP contribution is -2.35. The van der Waals surface area contributed by atoms with Gasteiger partial charge in [-0.05, 0) is 13.3 Å². The standard InChI is InChI=1S/C7H11NO4/c1-3-4(6(9)10)2-5(8-3)7(11)12/h3-5,8H,2H2,1H3,(H,9,10)(H,11,12)/t3-,4+,5-/m1/s1. The van der Waals surface area contributed by atoms with Crippen LogP contribution in [0.15, 0.2) is 0 Å². The maximum Gasteiger partial charge on any atom is 0.320 e. The molecule has 5 heteroatoms. The summed E-state index contributed by atoms with van der Waals surface area (Å²) >= 11 is 0. The number of aliphatic carboxylic acids is 2. The predicted molar refractivity (Wildman–Crippen MR) is 39.8 cm³/mol. The van der Waals surface area contributed by atoms with Crippen LogP contribution in [-0.4, -0.2) is 34.2 Å². The van der Waals surface area contributed by atoms with Gasteiger partial charge in [-0.2, -0.15) is 0 Å². The van der Waals surface area contributed by atoms with E-state index in [4.69, 9.17) is 10.2 Å². The first-order chi connectivity index (χ1) is 5.52. The summed E-state index contributed by atoms with van der Waals surface area (Å²) in [5, 5.41) is 19.9. The van der Waals surface area contributed by atoms with Gasteiger partial charge in [-0.3, -0.25) is 9.59 Å². The molecule has 0 aromatic rings. The fraction of sp³-hybridized carbons (Fsp3) is 0.714. The van der Waals surface area contributed by atoms with E-state index in [1.807, 2.05) is 0 Å². The SMILES string of the molecule is C[C@H]1N[C@@H](C(=O)O)C[C@@H]1C(=O)O. The molecule has 0 amide bonds. The Bertz CT molecular complexity index is 215. The van der Waals surface area contributed by atoms with Gasteiger partial charge in [0.1, 0.15) is 6.04 Å². The Balaban J connectivity index is 2.62. The number of carboxylic acid groups (broad SMARTS) is 2. The fourth-order valence-electron chi connectivity index (χ4n) is 1.45. The minimum atomic E-state index is -0.981. The third-order valence-corrected chi connectivity index (χ3v) is 2.17. The Kier molecular flexibility index (Phi) is 2.32. The van der Waals surface area contributed by atoms with E-state index in [9.17, 15) is 9.59 Å². The second-order valence-corrected chi connectivity index (χ2v) is 3.03. The van der Waals surface area contributed by atoms with Gasteiger partial charge in [-0.1, -0.05) is 0 Å². The van der Waals surface area contributed by atoms with Crippen molar-refractivity contribution in [2.75, 3.05) is 0 Å². The van der Waals surface area contributed by atoms with E-state index in [2.05, 4.69) is 5.32 Å². The second-order valence-electron chi connectivity index (χ2n) is 3.03. The summed E-state index contributed by atoms with van der Waals surface area (Å²) in [7, 11) is 0. The maximum absolute atomic E-state index is 10.5. The van der Waals surface area contributed by atoms with Gasteiger partial charge >= 0.3 is 11.9 Å². The zero-order valence-electron chi connectivity index (χ0n) is 6.65. The molecular weight excluding hydrogens is 162 g/mol. The van der Waals surface area contributed by atoms with Crippen LogP contribution < -0.4 is 5.32 Å². The topological polar surface area (TPSA) is 86.6 Å². The lowest BCUT2D eigenvalue weighted by atomic mass is 10.0. The van der Waals surface area contributed by atoms with Gasteiger partial charge < -0.3 is 15.5 Å². The van der Waals surface area contributed by atoms with Gasteiger partial charge in [0.2, 0.25) is 0 Å². The van der Waals surface area contributed by atoms with Gasteiger partial charge in [0.05, 0.1) is 5.92 Å². The molecule has 0 aromatic carbocycles. The Morgan fingerprint density at radius 1 is 1.33 bits per heavy atom. The van der Waals surface area contributed by atoms with Gasteiger partial charge in [0.15, 0.2) is 0 Å². The average Bonchev–Trinajstić information content (AvgIpc) is 2.30. The Morgan fingerprint density at radius 2 is 1.92 bits per heavy atom. The molecule has 0 aromatic heterocycles. The van der Waals surface area contributed by atoms with Gasteiger partial charge in [-0.25, -0.2) is 0 Å². The largest absolute Gasteiger partial charge is 0.481 e. The van der Waals surface area contributed by atoms with E-state index in [0.29, 0.717) is 0 Å². The number of hydrogen-bond acceptors (Lipinski definition) is 3. The summed E-state index contributed by atoms with van der Waals surface area (Å²) < 4.78 is 0. The molecule has 1 rings (SSSR count). The molecular formula is C7H11NO4. The van der Waals surface area contributed by atoms with Crippen LogP contribution in [0.4, 0.5) is 0 Å². The van der Waals surface area contributed by atoms with Crippen LogP contribution in [-0.2, 0) is 9.59 Å². The van der Waals surface area contributed by atoms with Gasteiger partial charge in [-0.15, -0.1) is 0 Å². The lowest BCUT2D eigenvalue weighted by molar-refractivity contribution is -0.142. The molecule has 1 aliphatic rings. The first kappa shape index (κ1) is 8.99. The van der Waals surface area contributed by atoms with Gasteiger partial charge in [0, 0.05) is 6.04 Å². The molecule has 5 nitrogen and oxygen atoms in total. The third kappa shape index (κ3) is 1.55. The molecule has 1 saturated heterocycles. The van der Waals surface area contributed by atoms with Crippen LogP contribution in [0.5, 0.6) is 0 Å². The Hall–Kier alpha value is -1.10. The second kappa shape index (κ2) is 3.10. The van der Waals surface area contributed by atoms with Crippen molar-refractivity contribution < 1.29 is 19.8 Å². The molecule has 0 unspecified atom stereocenters. The average molecular weight is 173 g/mol. The van der Waals surface area contributed by atoms with Crippen molar-refractivity contribution in [1.82, 2.24) is 5.32 Å². The van der Waals surface area contributed by atoms with Crippen molar-refractivity contribution in [3.63, 3.8) is 0 Å². The Labute approximate surface area is 69.4 Å². The molecule has 3 N–H and O–H groups in total. The molecule has 0 saturated carbocycles. The van der Waals surface area contributed by atoms with E-state index >= 15 is 0 Å². The van der Waals surface area contributed by atoms with E-state index < -0.39 is 23.9 Å². The third-order valence-electron chi connectivity index (χ3n) is 2.17. The molecule has 0 aliphatic carbocycles. The lowest BCUT2D eigenvalue weighted by Gasteiger charge is -2.07. The molecule has 68 valence electrons. The van der Waals surface area contributed by atoms with Crippen LogP contribution in [0.3, 0.4) is 0 Å². The highest BCUT2D eigenvalue weighted by molar-refractivity contribution is 5.78. The van der Waals surface area contributed by atoms with E-state index in [0.717, 1.165) is 0 Å². The van der Waals surface area contributed by atoms with E-state index in [1.165, 1.54) is 0 Å². The molecule has 0 spiro atoms. The highest BCUT2D eigenvalue weighted by Crippen LogP contribution is 2.20. The minimum absolute atomic E-state index is 0.172. The first-order valence-corrected chi connectivity index (χ1v) is 3.74. The summed E-state index contributed by atoms with van der Waals surface area (Å²) in [4.78, 5) is 21.0. The zero-order chi connectivity index (χ0) is 9.30. The number of nitrogens with one attached hydrogen (secondary N) is 1.